The summed E-state index contributed by atoms with van der Waals surface area (Å²) in [6, 6.07) is 2.47. The summed E-state index contributed by atoms with van der Waals surface area (Å²) in [5.41, 5.74) is 9.69. The lowest BCUT2D eigenvalue weighted by molar-refractivity contribution is 0.735. The lowest BCUT2D eigenvalue weighted by Crippen LogP contribution is -2.07. The highest BCUT2D eigenvalue weighted by molar-refractivity contribution is 5.70. The molecule has 0 amide bonds. The zero-order chi connectivity index (χ0) is 14.0. The lowest BCUT2D eigenvalue weighted by Gasteiger charge is -2.22. The van der Waals surface area contributed by atoms with Gasteiger partial charge in [-0.3, -0.25) is 0 Å². The van der Waals surface area contributed by atoms with E-state index in [0.717, 1.165) is 6.42 Å². The molecule has 104 valence electrons. The molecule has 1 aliphatic rings. The van der Waals surface area contributed by atoms with E-state index in [9.17, 15) is 0 Å². The molecule has 0 heterocycles. The second kappa shape index (κ2) is 5.94. The van der Waals surface area contributed by atoms with Crippen molar-refractivity contribution in [2.45, 2.75) is 72.6 Å². The minimum atomic E-state index is 0.686. The molecule has 0 saturated heterocycles. The standard InChI is InChI=1S/C19H28/c1-6-13-11-15-12-14(7-2)17(9-4)19(15)18(10-5)16(13)8-3/h11-12,17H,6-10H2,1-5H3. The predicted molar refractivity (Wildman–Crippen MR) is 85.9 cm³/mol. The van der Waals surface area contributed by atoms with Crippen LogP contribution in [0.1, 0.15) is 81.2 Å². The van der Waals surface area contributed by atoms with Crippen LogP contribution in [-0.4, -0.2) is 0 Å². The number of hydrogen-bond acceptors (Lipinski definition) is 0. The summed E-state index contributed by atoms with van der Waals surface area (Å²) in [5.74, 6) is 0.686. The van der Waals surface area contributed by atoms with Crippen LogP contribution in [0.3, 0.4) is 0 Å². The molecule has 2 rings (SSSR count). The molecule has 0 nitrogen and oxygen atoms in total. The van der Waals surface area contributed by atoms with Gasteiger partial charge in [0.15, 0.2) is 0 Å². The van der Waals surface area contributed by atoms with E-state index in [1.54, 1.807) is 27.8 Å². The minimum Gasteiger partial charge on any atom is -0.0645 e. The molecule has 0 aliphatic heterocycles. The summed E-state index contributed by atoms with van der Waals surface area (Å²) in [6.45, 7) is 11.6. The monoisotopic (exact) mass is 256 g/mol. The molecule has 1 atom stereocenters. The first kappa shape index (κ1) is 14.4. The third-order valence-corrected chi connectivity index (χ3v) is 4.76. The number of hydrogen-bond donors (Lipinski definition) is 0. The molecule has 1 unspecified atom stereocenters. The average Bonchev–Trinajstić information content (AvgIpc) is 2.81. The Kier molecular flexibility index (Phi) is 4.50. The first-order valence-electron chi connectivity index (χ1n) is 8.09. The lowest BCUT2D eigenvalue weighted by atomic mass is 9.83. The fourth-order valence-electron chi connectivity index (χ4n) is 3.87. The van der Waals surface area contributed by atoms with Crippen LogP contribution in [-0.2, 0) is 19.3 Å². The van der Waals surface area contributed by atoms with E-state index < -0.39 is 0 Å². The van der Waals surface area contributed by atoms with Crippen molar-refractivity contribution < 1.29 is 0 Å². The second-order valence-corrected chi connectivity index (χ2v) is 5.59. The highest BCUT2D eigenvalue weighted by Gasteiger charge is 2.27. The first-order valence-corrected chi connectivity index (χ1v) is 8.09. The van der Waals surface area contributed by atoms with E-state index in [2.05, 4.69) is 46.8 Å². The maximum absolute atomic E-state index is 2.47. The van der Waals surface area contributed by atoms with Crippen molar-refractivity contribution in [1.29, 1.82) is 0 Å². The molecule has 1 aromatic carbocycles. The number of benzene rings is 1. The van der Waals surface area contributed by atoms with Gasteiger partial charge in [-0.2, -0.15) is 0 Å². The molecule has 0 radical (unpaired) electrons. The minimum absolute atomic E-state index is 0.686. The summed E-state index contributed by atoms with van der Waals surface area (Å²) >= 11 is 0. The van der Waals surface area contributed by atoms with Crippen LogP contribution in [0.2, 0.25) is 0 Å². The molecule has 0 spiro atoms. The van der Waals surface area contributed by atoms with Gasteiger partial charge < -0.3 is 0 Å². The highest BCUT2D eigenvalue weighted by Crippen LogP contribution is 2.44. The van der Waals surface area contributed by atoms with Crippen molar-refractivity contribution in [1.82, 2.24) is 0 Å². The smallest absolute Gasteiger partial charge is 0.00575 e. The van der Waals surface area contributed by atoms with Crippen LogP contribution in [0, 0.1) is 0 Å². The maximum atomic E-state index is 2.47. The van der Waals surface area contributed by atoms with Crippen LogP contribution in [0.5, 0.6) is 0 Å². The van der Waals surface area contributed by atoms with Gasteiger partial charge in [-0.1, -0.05) is 52.3 Å². The summed E-state index contributed by atoms with van der Waals surface area (Å²) in [4.78, 5) is 0. The first-order chi connectivity index (χ1) is 9.21. The third kappa shape index (κ3) is 2.26. The Hall–Kier alpha value is -1.04. The normalized spacial score (nSPS) is 17.5. The quantitative estimate of drug-likeness (QED) is 0.636. The van der Waals surface area contributed by atoms with Gasteiger partial charge in [-0.15, -0.1) is 0 Å². The van der Waals surface area contributed by atoms with E-state index in [4.69, 9.17) is 0 Å². The van der Waals surface area contributed by atoms with E-state index >= 15 is 0 Å². The van der Waals surface area contributed by atoms with Crippen LogP contribution in [0.4, 0.5) is 0 Å². The summed E-state index contributed by atoms with van der Waals surface area (Å²) in [5, 5.41) is 0. The van der Waals surface area contributed by atoms with Crippen molar-refractivity contribution in [3.63, 3.8) is 0 Å². The van der Waals surface area contributed by atoms with Gasteiger partial charge in [0.2, 0.25) is 0 Å². The Bertz CT molecular complexity index is 491. The zero-order valence-electron chi connectivity index (χ0n) is 13.3. The van der Waals surface area contributed by atoms with Crippen molar-refractivity contribution in [3.8, 4) is 0 Å². The fraction of sp³-hybridized carbons (Fsp3) is 0.579. The SMILES string of the molecule is CCC1=Cc2cc(CC)c(CC)c(CC)c2C1CC. The summed E-state index contributed by atoms with van der Waals surface area (Å²) in [6.07, 6.45) is 8.43. The third-order valence-electron chi connectivity index (χ3n) is 4.76. The van der Waals surface area contributed by atoms with Crippen molar-refractivity contribution >= 4 is 6.08 Å². The van der Waals surface area contributed by atoms with Gasteiger partial charge in [-0.05, 0) is 59.9 Å². The van der Waals surface area contributed by atoms with Gasteiger partial charge in [0.1, 0.15) is 0 Å². The van der Waals surface area contributed by atoms with Gasteiger partial charge in [0, 0.05) is 5.92 Å². The van der Waals surface area contributed by atoms with Crippen molar-refractivity contribution in [2.75, 3.05) is 0 Å². The Balaban J connectivity index is 2.67. The number of allylic oxidation sites excluding steroid dienone is 1. The molecular weight excluding hydrogens is 228 g/mol. The predicted octanol–water partition coefficient (Wildman–Crippen LogP) is 5.67. The average molecular weight is 256 g/mol. The van der Waals surface area contributed by atoms with Crippen molar-refractivity contribution in [2.24, 2.45) is 0 Å². The molecule has 0 saturated carbocycles. The van der Waals surface area contributed by atoms with E-state index in [-0.39, 0.29) is 0 Å². The second-order valence-electron chi connectivity index (χ2n) is 5.59. The molecule has 0 N–H and O–H groups in total. The molecule has 0 bridgehead atoms. The molecule has 1 aromatic rings. The van der Waals surface area contributed by atoms with Gasteiger partial charge >= 0.3 is 0 Å². The molecular formula is C19H28. The van der Waals surface area contributed by atoms with E-state index in [1.165, 1.54) is 31.2 Å². The van der Waals surface area contributed by atoms with Gasteiger partial charge in [-0.25, -0.2) is 0 Å². The fourth-order valence-corrected chi connectivity index (χ4v) is 3.87. The largest absolute Gasteiger partial charge is 0.0645 e. The number of aryl methyl sites for hydroxylation is 1. The highest BCUT2D eigenvalue weighted by atomic mass is 14.3. The van der Waals surface area contributed by atoms with Crippen LogP contribution in [0.25, 0.3) is 6.08 Å². The Morgan fingerprint density at radius 3 is 2.00 bits per heavy atom. The summed E-state index contributed by atoms with van der Waals surface area (Å²) in [7, 11) is 0. The number of rotatable bonds is 5. The maximum Gasteiger partial charge on any atom is 0.00575 e. The van der Waals surface area contributed by atoms with Crippen LogP contribution < -0.4 is 0 Å². The van der Waals surface area contributed by atoms with Crippen LogP contribution >= 0.6 is 0 Å². The Labute approximate surface area is 118 Å². The summed E-state index contributed by atoms with van der Waals surface area (Å²) < 4.78 is 0. The van der Waals surface area contributed by atoms with Crippen LogP contribution in [0.15, 0.2) is 11.6 Å². The topological polar surface area (TPSA) is 0 Å². The molecule has 0 aromatic heterocycles. The number of fused-ring (bicyclic) bond motifs is 1. The molecule has 1 aliphatic carbocycles. The van der Waals surface area contributed by atoms with Gasteiger partial charge in [0.25, 0.3) is 0 Å². The Morgan fingerprint density at radius 1 is 0.842 bits per heavy atom. The molecule has 0 heteroatoms. The Morgan fingerprint density at radius 2 is 1.53 bits per heavy atom. The van der Waals surface area contributed by atoms with Gasteiger partial charge in [0.05, 0.1) is 0 Å². The molecule has 0 fully saturated rings. The molecule has 19 heavy (non-hydrogen) atoms. The zero-order valence-corrected chi connectivity index (χ0v) is 13.3. The van der Waals surface area contributed by atoms with E-state index in [1.807, 2.05) is 0 Å². The van der Waals surface area contributed by atoms with Crippen molar-refractivity contribution in [3.05, 3.63) is 39.5 Å². The van der Waals surface area contributed by atoms with E-state index in [0.29, 0.717) is 5.92 Å².